The Kier molecular flexibility index (Phi) is 5.09. The molecular weight excluding hydrogens is 308 g/mol. The number of carboxylic acids is 1. The molecule has 0 atom stereocenters. The van der Waals surface area contributed by atoms with Crippen molar-refractivity contribution in [3.8, 4) is 0 Å². The second-order valence-corrected chi connectivity index (χ2v) is 7.53. The van der Waals surface area contributed by atoms with Crippen LogP contribution in [0.3, 0.4) is 0 Å². The number of hydrogen-bond donors (Lipinski definition) is 3. The molecule has 1 aromatic rings. The van der Waals surface area contributed by atoms with Gasteiger partial charge < -0.3 is 5.11 Å². The van der Waals surface area contributed by atoms with E-state index in [-0.39, 0.29) is 10.6 Å². The minimum Gasteiger partial charge on any atom is -0.481 e. The van der Waals surface area contributed by atoms with Crippen LogP contribution in [0.25, 0.3) is 0 Å². The molecule has 112 valence electrons. The molecule has 0 aliphatic heterocycles. The normalized spacial score (nSPS) is 12.1. The third kappa shape index (κ3) is 4.79. The number of carbonyl (C=O) groups is 1. The van der Waals surface area contributed by atoms with E-state index in [4.69, 9.17) is 5.11 Å². The predicted octanol–water partition coefficient (Wildman–Crippen LogP) is -0.189. The molecule has 8 nitrogen and oxygen atoms in total. The molecule has 0 aromatic heterocycles. The Balaban J connectivity index is 2.83. The second-order valence-electron chi connectivity index (χ2n) is 3.80. The quantitative estimate of drug-likeness (QED) is 0.638. The van der Waals surface area contributed by atoms with Crippen LogP contribution in [0.1, 0.15) is 6.42 Å². The molecule has 0 aliphatic carbocycles. The molecule has 0 heterocycles. The van der Waals surface area contributed by atoms with E-state index in [2.05, 4.69) is 9.44 Å². The number of sulfonamides is 2. The van der Waals surface area contributed by atoms with Crippen LogP contribution in [0.15, 0.2) is 29.2 Å². The van der Waals surface area contributed by atoms with E-state index in [9.17, 15) is 21.6 Å². The fourth-order valence-corrected chi connectivity index (χ4v) is 3.04. The van der Waals surface area contributed by atoms with Crippen molar-refractivity contribution < 1.29 is 26.7 Å². The van der Waals surface area contributed by atoms with Crippen LogP contribution >= 0.6 is 0 Å². The maximum absolute atomic E-state index is 11.5. The number of hydrogen-bond acceptors (Lipinski definition) is 5. The molecule has 0 unspecified atom stereocenters. The van der Waals surface area contributed by atoms with Gasteiger partial charge in [-0.05, 0) is 31.3 Å². The Hall–Kier alpha value is -1.65. The fourth-order valence-electron chi connectivity index (χ4n) is 1.27. The summed E-state index contributed by atoms with van der Waals surface area (Å²) in [5, 5.41) is 8.43. The molecule has 10 heteroatoms. The minimum atomic E-state index is -3.78. The van der Waals surface area contributed by atoms with E-state index < -0.39 is 38.2 Å². The minimum absolute atomic E-state index is 0.00603. The van der Waals surface area contributed by atoms with Crippen molar-refractivity contribution in [2.45, 2.75) is 11.3 Å². The summed E-state index contributed by atoms with van der Waals surface area (Å²) in [5.41, 5.74) is 0.158. The molecule has 0 amide bonds. The number of carboxylic acid groups (broad SMARTS) is 1. The summed E-state index contributed by atoms with van der Waals surface area (Å²) in [6.45, 7) is 0. The standard InChI is InChI=1S/C10H14N2O6S2/c1-11-20(17,18)9-4-2-8(3-5-9)12-19(15,16)7-6-10(13)14/h2-5,11-12H,6-7H2,1H3,(H,13,14). The molecule has 0 spiro atoms. The summed E-state index contributed by atoms with van der Waals surface area (Å²) < 4.78 is 50.3. The zero-order valence-corrected chi connectivity index (χ0v) is 12.2. The van der Waals surface area contributed by atoms with Gasteiger partial charge in [0.1, 0.15) is 0 Å². The highest BCUT2D eigenvalue weighted by atomic mass is 32.2. The van der Waals surface area contributed by atoms with Crippen molar-refractivity contribution in [3.63, 3.8) is 0 Å². The van der Waals surface area contributed by atoms with Crippen molar-refractivity contribution in [2.75, 3.05) is 17.5 Å². The van der Waals surface area contributed by atoms with Gasteiger partial charge in [0.2, 0.25) is 20.0 Å². The Bertz CT molecular complexity index is 679. The Morgan fingerprint density at radius 3 is 2.15 bits per heavy atom. The van der Waals surface area contributed by atoms with E-state index in [0.717, 1.165) is 0 Å². The zero-order chi connectivity index (χ0) is 15.4. The van der Waals surface area contributed by atoms with Crippen molar-refractivity contribution in [3.05, 3.63) is 24.3 Å². The van der Waals surface area contributed by atoms with E-state index in [1.807, 2.05) is 0 Å². The molecule has 0 aliphatic rings. The SMILES string of the molecule is CNS(=O)(=O)c1ccc(NS(=O)(=O)CCC(=O)O)cc1. The van der Waals surface area contributed by atoms with Crippen molar-refractivity contribution in [1.29, 1.82) is 0 Å². The average Bonchev–Trinajstić information content (AvgIpc) is 2.37. The first-order valence-electron chi connectivity index (χ1n) is 5.42. The predicted molar refractivity (Wildman–Crippen MR) is 72.3 cm³/mol. The number of anilines is 1. The highest BCUT2D eigenvalue weighted by Crippen LogP contribution is 2.15. The molecule has 1 rings (SSSR count). The molecule has 0 bridgehead atoms. The van der Waals surface area contributed by atoms with Gasteiger partial charge in [-0.25, -0.2) is 21.6 Å². The first-order valence-corrected chi connectivity index (χ1v) is 8.56. The van der Waals surface area contributed by atoms with Crippen LogP contribution in [0, 0.1) is 0 Å². The lowest BCUT2D eigenvalue weighted by Gasteiger charge is -2.08. The summed E-state index contributed by atoms with van der Waals surface area (Å²) in [4.78, 5) is 10.3. The van der Waals surface area contributed by atoms with Crippen molar-refractivity contribution in [1.82, 2.24) is 4.72 Å². The first kappa shape index (κ1) is 16.4. The monoisotopic (exact) mass is 322 g/mol. The van der Waals surface area contributed by atoms with Gasteiger partial charge in [0.25, 0.3) is 0 Å². The number of aliphatic carboxylic acids is 1. The molecule has 1 aromatic carbocycles. The van der Waals surface area contributed by atoms with Crippen LogP contribution in [-0.2, 0) is 24.8 Å². The van der Waals surface area contributed by atoms with Crippen molar-refractivity contribution in [2.24, 2.45) is 0 Å². The van der Waals surface area contributed by atoms with Crippen LogP contribution in [-0.4, -0.2) is 40.7 Å². The highest BCUT2D eigenvalue weighted by Gasteiger charge is 2.14. The molecule has 0 fully saturated rings. The van der Waals surface area contributed by atoms with Gasteiger partial charge in [-0.3, -0.25) is 9.52 Å². The lowest BCUT2D eigenvalue weighted by atomic mass is 10.3. The van der Waals surface area contributed by atoms with E-state index >= 15 is 0 Å². The summed E-state index contributed by atoms with van der Waals surface area (Å²) in [6.07, 6.45) is -0.512. The first-order chi connectivity index (χ1) is 9.16. The molecule has 0 radical (unpaired) electrons. The third-order valence-corrected chi connectivity index (χ3v) is 5.01. The molecule has 0 saturated carbocycles. The number of rotatable bonds is 7. The van der Waals surface area contributed by atoms with Gasteiger partial charge in [0, 0.05) is 5.69 Å². The Morgan fingerprint density at radius 1 is 1.15 bits per heavy atom. The van der Waals surface area contributed by atoms with E-state index in [1.54, 1.807) is 0 Å². The summed E-state index contributed by atoms with van der Waals surface area (Å²) in [6, 6.07) is 5.03. The highest BCUT2D eigenvalue weighted by molar-refractivity contribution is 7.92. The average molecular weight is 322 g/mol. The largest absolute Gasteiger partial charge is 0.481 e. The molecular formula is C10H14N2O6S2. The van der Waals surface area contributed by atoms with E-state index in [0.29, 0.717) is 0 Å². The van der Waals surface area contributed by atoms with Gasteiger partial charge in [-0.15, -0.1) is 0 Å². The molecule has 3 N–H and O–H groups in total. The summed E-state index contributed by atoms with van der Waals surface area (Å²) >= 11 is 0. The maximum Gasteiger partial charge on any atom is 0.304 e. The van der Waals surface area contributed by atoms with Gasteiger partial charge in [0.15, 0.2) is 0 Å². The fraction of sp³-hybridized carbons (Fsp3) is 0.300. The Morgan fingerprint density at radius 2 is 1.70 bits per heavy atom. The topological polar surface area (TPSA) is 130 Å². The smallest absolute Gasteiger partial charge is 0.304 e. The lowest BCUT2D eigenvalue weighted by molar-refractivity contribution is -0.136. The maximum atomic E-state index is 11.5. The van der Waals surface area contributed by atoms with Gasteiger partial charge in [-0.2, -0.15) is 0 Å². The lowest BCUT2D eigenvalue weighted by Crippen LogP contribution is -2.20. The van der Waals surface area contributed by atoms with Crippen LogP contribution in [0.4, 0.5) is 5.69 Å². The summed E-state index contributed by atoms with van der Waals surface area (Å²) in [5.74, 6) is -1.77. The van der Waals surface area contributed by atoms with Crippen molar-refractivity contribution >= 4 is 31.7 Å². The third-order valence-electron chi connectivity index (χ3n) is 2.29. The zero-order valence-electron chi connectivity index (χ0n) is 10.5. The molecule has 20 heavy (non-hydrogen) atoms. The number of benzene rings is 1. The molecule has 0 saturated heterocycles. The van der Waals surface area contributed by atoms with Gasteiger partial charge >= 0.3 is 5.97 Å². The van der Waals surface area contributed by atoms with Gasteiger partial charge in [-0.1, -0.05) is 0 Å². The van der Waals surface area contributed by atoms with Crippen LogP contribution in [0.5, 0.6) is 0 Å². The van der Waals surface area contributed by atoms with E-state index in [1.165, 1.54) is 31.3 Å². The van der Waals surface area contributed by atoms with Crippen LogP contribution < -0.4 is 9.44 Å². The Labute approximate surface area is 116 Å². The number of nitrogens with one attached hydrogen (secondary N) is 2. The second kappa shape index (κ2) is 6.20. The van der Waals surface area contributed by atoms with Crippen LogP contribution in [0.2, 0.25) is 0 Å². The summed E-state index contributed by atoms with van der Waals surface area (Å²) in [7, 11) is -6.10. The van der Waals surface area contributed by atoms with Gasteiger partial charge in [0.05, 0.1) is 17.1 Å².